The summed E-state index contributed by atoms with van der Waals surface area (Å²) in [5, 5.41) is 3.34. The summed E-state index contributed by atoms with van der Waals surface area (Å²) in [6.45, 7) is 8.73. The first kappa shape index (κ1) is 16.8. The number of halogens is 1. The molecule has 2 fully saturated rings. The van der Waals surface area contributed by atoms with Gasteiger partial charge in [-0.05, 0) is 56.5 Å². The van der Waals surface area contributed by atoms with Crippen LogP contribution in [0.5, 0.6) is 0 Å². The molecule has 0 bridgehead atoms. The zero-order chi connectivity index (χ0) is 13.0. The zero-order valence-electron chi connectivity index (χ0n) is 12.4. The molecule has 1 amide bonds. The lowest BCUT2D eigenvalue weighted by Gasteiger charge is -2.23. The SMILES string of the molecule is CC(C)C1CCCN(C(=O)CC2CCNC2)CC1.Cl. The number of nitrogens with one attached hydrogen (secondary N) is 1. The van der Waals surface area contributed by atoms with Crippen LogP contribution >= 0.6 is 12.4 Å². The van der Waals surface area contributed by atoms with Crippen LogP contribution in [0.1, 0.15) is 46.0 Å². The third-order valence-corrected chi connectivity index (χ3v) is 4.69. The summed E-state index contributed by atoms with van der Waals surface area (Å²) in [5.41, 5.74) is 0. The van der Waals surface area contributed by atoms with Gasteiger partial charge in [0.05, 0.1) is 0 Å². The van der Waals surface area contributed by atoms with Crippen molar-refractivity contribution >= 4 is 18.3 Å². The molecular formula is C15H29ClN2O. The van der Waals surface area contributed by atoms with Gasteiger partial charge in [0.2, 0.25) is 5.91 Å². The average Bonchev–Trinajstić information content (AvgIpc) is 2.70. The maximum absolute atomic E-state index is 12.3. The highest BCUT2D eigenvalue weighted by molar-refractivity contribution is 5.85. The minimum absolute atomic E-state index is 0. The van der Waals surface area contributed by atoms with Gasteiger partial charge in [0.25, 0.3) is 0 Å². The zero-order valence-corrected chi connectivity index (χ0v) is 13.2. The fraction of sp³-hybridized carbons (Fsp3) is 0.933. The van der Waals surface area contributed by atoms with Gasteiger partial charge in [-0.1, -0.05) is 13.8 Å². The van der Waals surface area contributed by atoms with Gasteiger partial charge in [-0.3, -0.25) is 4.79 Å². The van der Waals surface area contributed by atoms with Gasteiger partial charge in [0, 0.05) is 19.5 Å². The lowest BCUT2D eigenvalue weighted by atomic mass is 9.89. The van der Waals surface area contributed by atoms with Gasteiger partial charge in [-0.2, -0.15) is 0 Å². The topological polar surface area (TPSA) is 32.3 Å². The molecule has 2 heterocycles. The van der Waals surface area contributed by atoms with Crippen LogP contribution in [0, 0.1) is 17.8 Å². The van der Waals surface area contributed by atoms with Gasteiger partial charge in [0.15, 0.2) is 0 Å². The van der Waals surface area contributed by atoms with Gasteiger partial charge < -0.3 is 10.2 Å². The molecule has 2 aliphatic heterocycles. The van der Waals surface area contributed by atoms with Crippen LogP contribution in [0.2, 0.25) is 0 Å². The van der Waals surface area contributed by atoms with E-state index in [0.29, 0.717) is 11.8 Å². The molecule has 1 N–H and O–H groups in total. The molecule has 0 radical (unpaired) electrons. The molecule has 0 aliphatic carbocycles. The Kier molecular flexibility index (Phi) is 7.16. The van der Waals surface area contributed by atoms with E-state index in [1.807, 2.05) is 0 Å². The molecule has 0 spiro atoms. The Morgan fingerprint density at radius 2 is 2.05 bits per heavy atom. The molecule has 3 nitrogen and oxygen atoms in total. The quantitative estimate of drug-likeness (QED) is 0.866. The van der Waals surface area contributed by atoms with Gasteiger partial charge in [0.1, 0.15) is 0 Å². The fourth-order valence-electron chi connectivity index (χ4n) is 3.30. The molecule has 2 atom stereocenters. The van der Waals surface area contributed by atoms with Gasteiger partial charge >= 0.3 is 0 Å². The molecular weight excluding hydrogens is 260 g/mol. The number of hydrogen-bond donors (Lipinski definition) is 1. The molecule has 2 saturated heterocycles. The predicted octanol–water partition coefficient (Wildman–Crippen LogP) is 2.69. The van der Waals surface area contributed by atoms with E-state index in [9.17, 15) is 4.79 Å². The monoisotopic (exact) mass is 288 g/mol. The van der Waals surface area contributed by atoms with Crippen LogP contribution < -0.4 is 5.32 Å². The molecule has 2 rings (SSSR count). The highest BCUT2D eigenvalue weighted by atomic mass is 35.5. The second-order valence-electron chi connectivity index (χ2n) is 6.38. The van der Waals surface area contributed by atoms with E-state index in [4.69, 9.17) is 0 Å². The second kappa shape index (κ2) is 8.11. The number of carbonyl (C=O) groups is 1. The Hall–Kier alpha value is -0.280. The van der Waals surface area contributed by atoms with Crippen LogP contribution in [-0.4, -0.2) is 37.0 Å². The lowest BCUT2D eigenvalue weighted by molar-refractivity contribution is -0.132. The van der Waals surface area contributed by atoms with Crippen molar-refractivity contribution in [2.45, 2.75) is 46.0 Å². The molecule has 4 heteroatoms. The number of nitrogens with zero attached hydrogens (tertiary/aromatic N) is 1. The van der Waals surface area contributed by atoms with Crippen molar-refractivity contribution in [1.29, 1.82) is 0 Å². The largest absolute Gasteiger partial charge is 0.343 e. The van der Waals surface area contributed by atoms with Crippen molar-refractivity contribution in [3.63, 3.8) is 0 Å². The van der Waals surface area contributed by atoms with Crippen molar-refractivity contribution < 1.29 is 4.79 Å². The normalized spacial score (nSPS) is 28.1. The third-order valence-electron chi connectivity index (χ3n) is 4.69. The third kappa shape index (κ3) is 4.96. The van der Waals surface area contributed by atoms with Crippen molar-refractivity contribution in [1.82, 2.24) is 10.2 Å². The van der Waals surface area contributed by atoms with Crippen LogP contribution in [0.25, 0.3) is 0 Å². The number of rotatable bonds is 3. The second-order valence-corrected chi connectivity index (χ2v) is 6.38. The van der Waals surface area contributed by atoms with E-state index in [1.165, 1.54) is 25.7 Å². The summed E-state index contributed by atoms with van der Waals surface area (Å²) in [4.78, 5) is 14.4. The van der Waals surface area contributed by atoms with Gasteiger partial charge in [-0.25, -0.2) is 0 Å². The molecule has 2 unspecified atom stereocenters. The Morgan fingerprint density at radius 3 is 2.68 bits per heavy atom. The minimum Gasteiger partial charge on any atom is -0.343 e. The van der Waals surface area contributed by atoms with E-state index in [2.05, 4.69) is 24.1 Å². The average molecular weight is 289 g/mol. The van der Waals surface area contributed by atoms with Crippen LogP contribution in [-0.2, 0) is 4.79 Å². The number of likely N-dealkylation sites (tertiary alicyclic amines) is 1. The number of amides is 1. The summed E-state index contributed by atoms with van der Waals surface area (Å²) in [6.07, 6.45) is 5.63. The Labute approximate surface area is 123 Å². The van der Waals surface area contributed by atoms with Crippen LogP contribution in [0.3, 0.4) is 0 Å². The molecule has 0 aromatic rings. The van der Waals surface area contributed by atoms with E-state index in [0.717, 1.165) is 44.4 Å². The molecule has 0 aromatic carbocycles. The summed E-state index contributed by atoms with van der Waals surface area (Å²) in [6, 6.07) is 0. The highest BCUT2D eigenvalue weighted by Gasteiger charge is 2.25. The van der Waals surface area contributed by atoms with Gasteiger partial charge in [-0.15, -0.1) is 12.4 Å². The first-order valence-electron chi connectivity index (χ1n) is 7.65. The fourth-order valence-corrected chi connectivity index (χ4v) is 3.30. The van der Waals surface area contributed by atoms with E-state index < -0.39 is 0 Å². The maximum atomic E-state index is 12.3. The smallest absolute Gasteiger partial charge is 0.222 e. The molecule has 19 heavy (non-hydrogen) atoms. The van der Waals surface area contributed by atoms with E-state index in [1.54, 1.807) is 0 Å². The van der Waals surface area contributed by atoms with Crippen LogP contribution in [0.4, 0.5) is 0 Å². The number of hydrogen-bond acceptors (Lipinski definition) is 2. The highest BCUT2D eigenvalue weighted by Crippen LogP contribution is 2.25. The van der Waals surface area contributed by atoms with Crippen molar-refractivity contribution in [2.75, 3.05) is 26.2 Å². The Balaban J connectivity index is 0.00000180. The molecule has 0 aromatic heterocycles. The Morgan fingerprint density at radius 1 is 1.26 bits per heavy atom. The standard InChI is InChI=1S/C15H28N2O.ClH/c1-12(2)14-4-3-8-17(9-6-14)15(18)10-13-5-7-16-11-13;/h12-14,16H,3-11H2,1-2H3;1H. The van der Waals surface area contributed by atoms with Crippen molar-refractivity contribution in [2.24, 2.45) is 17.8 Å². The molecule has 2 aliphatic rings. The summed E-state index contributed by atoms with van der Waals surface area (Å²) in [7, 11) is 0. The molecule has 0 saturated carbocycles. The van der Waals surface area contributed by atoms with Crippen LogP contribution in [0.15, 0.2) is 0 Å². The minimum atomic E-state index is 0. The summed E-state index contributed by atoms with van der Waals surface area (Å²) < 4.78 is 0. The summed E-state index contributed by atoms with van der Waals surface area (Å²) in [5.74, 6) is 2.56. The Bertz CT molecular complexity index is 277. The first-order valence-corrected chi connectivity index (χ1v) is 7.65. The van der Waals surface area contributed by atoms with Crippen molar-refractivity contribution in [3.8, 4) is 0 Å². The number of carbonyl (C=O) groups excluding carboxylic acids is 1. The lowest BCUT2D eigenvalue weighted by Crippen LogP contribution is -2.33. The summed E-state index contributed by atoms with van der Waals surface area (Å²) >= 11 is 0. The maximum Gasteiger partial charge on any atom is 0.222 e. The van der Waals surface area contributed by atoms with E-state index >= 15 is 0 Å². The molecule has 112 valence electrons. The predicted molar refractivity (Wildman–Crippen MR) is 81.6 cm³/mol. The van der Waals surface area contributed by atoms with E-state index in [-0.39, 0.29) is 12.4 Å². The van der Waals surface area contributed by atoms with Crippen molar-refractivity contribution in [3.05, 3.63) is 0 Å². The first-order chi connectivity index (χ1) is 8.66.